The second-order valence-corrected chi connectivity index (χ2v) is 8.54. The predicted octanol–water partition coefficient (Wildman–Crippen LogP) is 3.47. The van der Waals surface area contributed by atoms with Gasteiger partial charge in [0.05, 0.1) is 28.0 Å². The summed E-state index contributed by atoms with van der Waals surface area (Å²) >= 11 is 1.64. The van der Waals surface area contributed by atoms with Crippen LogP contribution in [0.3, 0.4) is 0 Å². The number of hydrogen-bond acceptors (Lipinski definition) is 6. The highest BCUT2D eigenvalue weighted by Crippen LogP contribution is 2.36. The van der Waals surface area contributed by atoms with Crippen LogP contribution in [-0.4, -0.2) is 38.1 Å². The van der Waals surface area contributed by atoms with Crippen LogP contribution in [0.25, 0.3) is 27.5 Å². The minimum atomic E-state index is -0.442. The molecule has 0 aliphatic carbocycles. The van der Waals surface area contributed by atoms with Crippen LogP contribution in [0.1, 0.15) is 41.6 Å². The van der Waals surface area contributed by atoms with Crippen molar-refractivity contribution in [3.05, 3.63) is 59.4 Å². The number of thiophene rings is 1. The van der Waals surface area contributed by atoms with Crippen molar-refractivity contribution < 1.29 is 4.79 Å². The second-order valence-electron chi connectivity index (χ2n) is 7.59. The fourth-order valence-electron chi connectivity index (χ4n) is 4.30. The Balaban J connectivity index is 1.70. The first-order valence-electron chi connectivity index (χ1n) is 10.0. The number of pyridine rings is 1. The van der Waals surface area contributed by atoms with Crippen molar-refractivity contribution in [2.45, 2.75) is 31.7 Å². The van der Waals surface area contributed by atoms with Gasteiger partial charge in [0, 0.05) is 24.0 Å². The molecule has 1 saturated heterocycles. The van der Waals surface area contributed by atoms with Gasteiger partial charge in [0.2, 0.25) is 5.91 Å². The number of carbonyl (C=O) groups excluding carboxylic acids is 1. The van der Waals surface area contributed by atoms with E-state index in [1.54, 1.807) is 34.3 Å². The molecule has 2 atom stereocenters. The molecular formula is C22H22N6OS. The molecule has 1 aliphatic heterocycles. The standard InChI is InChI=1S/C22H22N6OS/c1-13(16-4-2-8-24-16)19-14(21(23)29)6-9-25-20(19)15-12-26-28-10-7-17(27-22(15)28)18-5-3-11-30-18/h3,5-7,9-13,16,24H,2,4,8H2,1H3,(H2,23,29)/t13-,16-/m0/s1. The molecule has 30 heavy (non-hydrogen) atoms. The van der Waals surface area contributed by atoms with E-state index in [0.29, 0.717) is 11.2 Å². The van der Waals surface area contributed by atoms with E-state index in [0.717, 1.165) is 46.8 Å². The molecule has 4 aromatic heterocycles. The highest BCUT2D eigenvalue weighted by Gasteiger charge is 2.29. The summed E-state index contributed by atoms with van der Waals surface area (Å²) in [6, 6.07) is 8.00. The van der Waals surface area contributed by atoms with Crippen molar-refractivity contribution in [3.8, 4) is 21.8 Å². The summed E-state index contributed by atoms with van der Waals surface area (Å²) < 4.78 is 1.74. The highest BCUT2D eigenvalue weighted by molar-refractivity contribution is 7.13. The van der Waals surface area contributed by atoms with Gasteiger partial charge in [-0.2, -0.15) is 5.10 Å². The van der Waals surface area contributed by atoms with Gasteiger partial charge in [-0.1, -0.05) is 13.0 Å². The van der Waals surface area contributed by atoms with Crippen molar-refractivity contribution >= 4 is 22.9 Å². The maximum absolute atomic E-state index is 12.3. The molecule has 0 aromatic carbocycles. The average molecular weight is 419 g/mol. The molecule has 3 N–H and O–H groups in total. The van der Waals surface area contributed by atoms with Gasteiger partial charge >= 0.3 is 0 Å². The van der Waals surface area contributed by atoms with Crippen LogP contribution in [-0.2, 0) is 0 Å². The molecule has 152 valence electrons. The van der Waals surface area contributed by atoms with Crippen LogP contribution in [0.5, 0.6) is 0 Å². The topological polar surface area (TPSA) is 98.2 Å². The predicted molar refractivity (Wildman–Crippen MR) is 117 cm³/mol. The molecule has 4 aromatic rings. The lowest BCUT2D eigenvalue weighted by molar-refractivity contribution is 0.0998. The van der Waals surface area contributed by atoms with Gasteiger partial charge in [-0.3, -0.25) is 9.78 Å². The third-order valence-electron chi connectivity index (χ3n) is 5.81. The number of fused-ring (bicyclic) bond motifs is 1. The van der Waals surface area contributed by atoms with E-state index in [1.165, 1.54) is 0 Å². The van der Waals surface area contributed by atoms with Gasteiger partial charge < -0.3 is 11.1 Å². The second kappa shape index (κ2) is 7.62. The lowest BCUT2D eigenvalue weighted by Gasteiger charge is -2.23. The van der Waals surface area contributed by atoms with E-state index in [1.807, 2.05) is 29.8 Å². The summed E-state index contributed by atoms with van der Waals surface area (Å²) in [7, 11) is 0. The van der Waals surface area contributed by atoms with Crippen LogP contribution in [0.15, 0.2) is 48.2 Å². The Morgan fingerprint density at radius 1 is 1.37 bits per heavy atom. The van der Waals surface area contributed by atoms with E-state index in [-0.39, 0.29) is 12.0 Å². The number of carbonyl (C=O) groups is 1. The van der Waals surface area contributed by atoms with Gasteiger partial charge in [0.1, 0.15) is 0 Å². The lowest BCUT2D eigenvalue weighted by atomic mass is 9.86. The first-order chi connectivity index (χ1) is 14.6. The number of hydrogen-bond donors (Lipinski definition) is 2. The Labute approximate surface area is 178 Å². The summed E-state index contributed by atoms with van der Waals surface area (Å²) in [5, 5.41) is 10.1. The van der Waals surface area contributed by atoms with Crippen molar-refractivity contribution in [2.75, 3.05) is 6.54 Å². The molecule has 5 rings (SSSR count). The molecule has 1 fully saturated rings. The number of nitrogens with one attached hydrogen (secondary N) is 1. The zero-order valence-corrected chi connectivity index (χ0v) is 17.4. The Kier molecular flexibility index (Phi) is 4.80. The smallest absolute Gasteiger partial charge is 0.249 e. The van der Waals surface area contributed by atoms with Crippen molar-refractivity contribution in [1.29, 1.82) is 0 Å². The Bertz CT molecular complexity index is 1210. The van der Waals surface area contributed by atoms with Crippen molar-refractivity contribution in [2.24, 2.45) is 5.73 Å². The molecule has 7 nitrogen and oxygen atoms in total. The van der Waals surface area contributed by atoms with E-state index < -0.39 is 5.91 Å². The number of aromatic nitrogens is 4. The fourth-order valence-corrected chi connectivity index (χ4v) is 5.00. The summed E-state index contributed by atoms with van der Waals surface area (Å²) in [5.74, 6) is -0.365. The minimum absolute atomic E-state index is 0.0779. The molecule has 0 spiro atoms. The molecule has 0 saturated carbocycles. The van der Waals surface area contributed by atoms with Crippen molar-refractivity contribution in [3.63, 3.8) is 0 Å². The number of primary amides is 1. The van der Waals surface area contributed by atoms with E-state index >= 15 is 0 Å². The summed E-state index contributed by atoms with van der Waals surface area (Å²) in [6.45, 7) is 3.12. The van der Waals surface area contributed by atoms with Crippen LogP contribution >= 0.6 is 11.3 Å². The third-order valence-corrected chi connectivity index (χ3v) is 6.70. The molecule has 1 aliphatic rings. The first kappa shape index (κ1) is 18.9. The Morgan fingerprint density at radius 3 is 3.00 bits per heavy atom. The molecular weight excluding hydrogens is 396 g/mol. The van der Waals surface area contributed by atoms with Crippen LogP contribution in [0, 0.1) is 0 Å². The first-order valence-corrected chi connectivity index (χ1v) is 10.9. The average Bonchev–Trinajstić information content (AvgIpc) is 3.53. The molecule has 5 heterocycles. The lowest BCUT2D eigenvalue weighted by Crippen LogP contribution is -2.29. The minimum Gasteiger partial charge on any atom is -0.366 e. The number of nitrogens with two attached hydrogens (primary N) is 1. The largest absolute Gasteiger partial charge is 0.366 e. The van der Waals surface area contributed by atoms with E-state index in [2.05, 4.69) is 22.3 Å². The van der Waals surface area contributed by atoms with E-state index in [9.17, 15) is 4.79 Å². The van der Waals surface area contributed by atoms with Gasteiger partial charge in [0.15, 0.2) is 5.65 Å². The normalized spacial score (nSPS) is 17.4. The van der Waals surface area contributed by atoms with Gasteiger partial charge in [-0.25, -0.2) is 9.50 Å². The van der Waals surface area contributed by atoms with Gasteiger partial charge in [-0.05, 0) is 54.4 Å². The highest BCUT2D eigenvalue weighted by atomic mass is 32.1. The fraction of sp³-hybridized carbons (Fsp3) is 0.273. The Hall–Kier alpha value is -3.10. The van der Waals surface area contributed by atoms with E-state index in [4.69, 9.17) is 10.7 Å². The van der Waals surface area contributed by atoms with Crippen LogP contribution in [0.2, 0.25) is 0 Å². The molecule has 0 radical (unpaired) electrons. The molecule has 8 heteroatoms. The third kappa shape index (κ3) is 3.18. The SMILES string of the molecule is C[C@H](c1c(C(N)=O)ccnc1-c1cnn2ccc(-c3cccs3)nc12)[C@@H]1CCCN1. The summed E-state index contributed by atoms with van der Waals surface area (Å²) in [5.41, 5.74) is 10.2. The summed E-state index contributed by atoms with van der Waals surface area (Å²) in [6.07, 6.45) is 7.49. The zero-order valence-electron chi connectivity index (χ0n) is 16.6. The van der Waals surface area contributed by atoms with Crippen molar-refractivity contribution in [1.82, 2.24) is 24.9 Å². The number of amides is 1. The number of nitrogens with zero attached hydrogens (tertiary/aromatic N) is 4. The van der Waals surface area contributed by atoms with Gasteiger partial charge in [0.25, 0.3) is 0 Å². The van der Waals surface area contributed by atoms with Crippen LogP contribution in [0.4, 0.5) is 0 Å². The molecule has 0 bridgehead atoms. The maximum atomic E-state index is 12.3. The Morgan fingerprint density at radius 2 is 2.27 bits per heavy atom. The monoisotopic (exact) mass is 418 g/mol. The number of rotatable bonds is 5. The zero-order chi connectivity index (χ0) is 20.7. The van der Waals surface area contributed by atoms with Gasteiger partial charge in [-0.15, -0.1) is 11.3 Å². The van der Waals surface area contributed by atoms with Crippen LogP contribution < -0.4 is 11.1 Å². The maximum Gasteiger partial charge on any atom is 0.249 e. The summed E-state index contributed by atoms with van der Waals surface area (Å²) in [4.78, 5) is 22.9. The quantitative estimate of drug-likeness (QED) is 0.517. The molecule has 0 unspecified atom stereocenters. The molecule has 1 amide bonds.